The van der Waals surface area contributed by atoms with Gasteiger partial charge in [0.05, 0.1) is 0 Å². The number of anilines is 1. The molecule has 2 rings (SSSR count). The van der Waals surface area contributed by atoms with Crippen molar-refractivity contribution in [1.82, 2.24) is 10.6 Å². The van der Waals surface area contributed by atoms with Crippen LogP contribution >= 0.6 is 0 Å². The van der Waals surface area contributed by atoms with Gasteiger partial charge in [-0.05, 0) is 61.0 Å². The summed E-state index contributed by atoms with van der Waals surface area (Å²) in [6.07, 6.45) is 12.3. The van der Waals surface area contributed by atoms with Crippen LogP contribution in [0, 0.1) is 11.8 Å². The molecule has 0 radical (unpaired) electrons. The number of hydrogen-bond donors (Lipinski definition) is 2. The van der Waals surface area contributed by atoms with Gasteiger partial charge >= 0.3 is 0 Å². The third-order valence-electron chi connectivity index (χ3n) is 5.27. The van der Waals surface area contributed by atoms with Crippen molar-refractivity contribution in [2.45, 2.75) is 33.1 Å². The molecule has 4 nitrogen and oxygen atoms in total. The second-order valence-electron chi connectivity index (χ2n) is 7.52. The number of amidine groups is 1. The minimum absolute atomic E-state index is 0.540. The minimum Gasteiger partial charge on any atom is -0.388 e. The summed E-state index contributed by atoms with van der Waals surface area (Å²) in [6, 6.07) is 8.32. The molecule has 0 heterocycles. The molecule has 1 saturated carbocycles. The van der Waals surface area contributed by atoms with Crippen LogP contribution in [0.3, 0.4) is 0 Å². The Morgan fingerprint density at radius 1 is 1.25 bits per heavy atom. The highest BCUT2D eigenvalue weighted by Gasteiger charge is 2.30. The Morgan fingerprint density at radius 3 is 2.54 bits per heavy atom. The topological polar surface area (TPSA) is 39.7 Å². The highest BCUT2D eigenvalue weighted by atomic mass is 15.1. The van der Waals surface area contributed by atoms with E-state index in [0.29, 0.717) is 5.92 Å². The van der Waals surface area contributed by atoms with Gasteiger partial charge in [-0.25, -0.2) is 0 Å². The summed E-state index contributed by atoms with van der Waals surface area (Å²) in [5.74, 6) is 2.21. The maximum atomic E-state index is 4.49. The highest BCUT2D eigenvalue weighted by molar-refractivity contribution is 6.04. The first-order valence-corrected chi connectivity index (χ1v) is 10.3. The molecule has 0 spiro atoms. The molecule has 1 unspecified atom stereocenters. The van der Waals surface area contributed by atoms with Crippen LogP contribution in [0.1, 0.15) is 38.7 Å². The molecule has 1 aromatic carbocycles. The van der Waals surface area contributed by atoms with Gasteiger partial charge in [0.1, 0.15) is 5.84 Å². The number of para-hydroxylation sites is 1. The average Bonchev–Trinajstić information content (AvgIpc) is 3.55. The van der Waals surface area contributed by atoms with Gasteiger partial charge in [0.2, 0.25) is 0 Å². The van der Waals surface area contributed by atoms with Gasteiger partial charge < -0.3 is 15.5 Å². The fraction of sp³-hybridized carbons (Fsp3) is 0.458. The molecular weight excluding hydrogens is 344 g/mol. The fourth-order valence-electron chi connectivity index (χ4n) is 3.43. The first kappa shape index (κ1) is 21.8. The SMILES string of the molecule is CC\C=C/C(NC)=C(\C=C\NC(=NC)c1ccccc1N(C)C)C(C)C1CC1. The van der Waals surface area contributed by atoms with Crippen LogP contribution in [0.4, 0.5) is 5.69 Å². The van der Waals surface area contributed by atoms with Gasteiger partial charge in [-0.2, -0.15) is 0 Å². The van der Waals surface area contributed by atoms with E-state index in [-0.39, 0.29) is 0 Å². The van der Waals surface area contributed by atoms with Gasteiger partial charge in [0.15, 0.2) is 0 Å². The van der Waals surface area contributed by atoms with Crippen molar-refractivity contribution in [1.29, 1.82) is 0 Å². The number of hydrogen-bond acceptors (Lipinski definition) is 3. The number of benzene rings is 1. The quantitative estimate of drug-likeness (QED) is 0.370. The minimum atomic E-state index is 0.540. The Balaban J connectivity index is 2.27. The molecule has 1 aliphatic carbocycles. The zero-order chi connectivity index (χ0) is 20.5. The van der Waals surface area contributed by atoms with Crippen molar-refractivity contribution < 1.29 is 0 Å². The molecule has 0 aliphatic heterocycles. The highest BCUT2D eigenvalue weighted by Crippen LogP contribution is 2.41. The lowest BCUT2D eigenvalue weighted by atomic mass is 9.93. The van der Waals surface area contributed by atoms with E-state index in [0.717, 1.165) is 29.4 Å². The molecule has 1 fully saturated rings. The zero-order valence-electron chi connectivity index (χ0n) is 18.3. The van der Waals surface area contributed by atoms with E-state index >= 15 is 0 Å². The molecule has 28 heavy (non-hydrogen) atoms. The van der Waals surface area contributed by atoms with Crippen LogP contribution in [-0.4, -0.2) is 34.0 Å². The molecule has 4 heteroatoms. The van der Waals surface area contributed by atoms with Crippen LogP contribution in [-0.2, 0) is 0 Å². The summed E-state index contributed by atoms with van der Waals surface area (Å²) >= 11 is 0. The van der Waals surface area contributed by atoms with Gasteiger partial charge in [0, 0.05) is 51.3 Å². The van der Waals surface area contributed by atoms with Crippen molar-refractivity contribution in [2.24, 2.45) is 16.8 Å². The lowest BCUT2D eigenvalue weighted by Gasteiger charge is -2.19. The first-order chi connectivity index (χ1) is 13.5. The molecule has 1 atom stereocenters. The van der Waals surface area contributed by atoms with Crippen LogP contribution in [0.25, 0.3) is 0 Å². The number of aliphatic imine (C=N–C) groups is 1. The normalized spacial score (nSPS) is 17.0. The summed E-state index contributed by atoms with van der Waals surface area (Å²) in [7, 11) is 7.94. The van der Waals surface area contributed by atoms with Crippen LogP contribution in [0.5, 0.6) is 0 Å². The maximum absolute atomic E-state index is 4.49. The number of allylic oxidation sites excluding steroid dienone is 4. The molecule has 0 bridgehead atoms. The lowest BCUT2D eigenvalue weighted by Crippen LogP contribution is -2.23. The number of nitrogens with one attached hydrogen (secondary N) is 2. The Hall–Kier alpha value is -2.49. The molecule has 0 amide bonds. The lowest BCUT2D eigenvalue weighted by molar-refractivity contribution is 0.595. The van der Waals surface area contributed by atoms with E-state index < -0.39 is 0 Å². The van der Waals surface area contributed by atoms with E-state index in [4.69, 9.17) is 0 Å². The molecule has 2 N–H and O–H groups in total. The van der Waals surface area contributed by atoms with Gasteiger partial charge in [-0.15, -0.1) is 0 Å². The van der Waals surface area contributed by atoms with E-state index in [9.17, 15) is 0 Å². The monoisotopic (exact) mass is 380 g/mol. The summed E-state index contributed by atoms with van der Waals surface area (Å²) in [5.41, 5.74) is 4.79. The number of likely N-dealkylation sites (N-methyl/N-ethyl adjacent to an activating group) is 1. The van der Waals surface area contributed by atoms with Gasteiger partial charge in [-0.1, -0.05) is 32.1 Å². The summed E-state index contributed by atoms with van der Waals surface area (Å²) in [4.78, 5) is 6.60. The maximum Gasteiger partial charge on any atom is 0.134 e. The fourth-order valence-corrected chi connectivity index (χ4v) is 3.43. The van der Waals surface area contributed by atoms with Gasteiger partial charge in [-0.3, -0.25) is 4.99 Å². The first-order valence-electron chi connectivity index (χ1n) is 10.3. The Labute approximate surface area is 171 Å². The predicted octanol–water partition coefficient (Wildman–Crippen LogP) is 4.72. The predicted molar refractivity (Wildman–Crippen MR) is 123 cm³/mol. The smallest absolute Gasteiger partial charge is 0.134 e. The van der Waals surface area contributed by atoms with Crippen molar-refractivity contribution in [3.05, 3.63) is 65.5 Å². The Bertz CT molecular complexity index is 752. The third kappa shape index (κ3) is 5.75. The zero-order valence-corrected chi connectivity index (χ0v) is 18.3. The van der Waals surface area contributed by atoms with Gasteiger partial charge in [0.25, 0.3) is 0 Å². The van der Waals surface area contributed by atoms with Crippen LogP contribution in [0.15, 0.2) is 65.0 Å². The van der Waals surface area contributed by atoms with E-state index in [1.54, 1.807) is 0 Å². The molecule has 1 aliphatic rings. The van der Waals surface area contributed by atoms with E-state index in [1.807, 2.05) is 26.4 Å². The number of rotatable bonds is 9. The van der Waals surface area contributed by atoms with Crippen molar-refractivity contribution in [3.8, 4) is 0 Å². The van der Waals surface area contributed by atoms with Crippen LogP contribution in [0.2, 0.25) is 0 Å². The number of nitrogens with zero attached hydrogens (tertiary/aromatic N) is 2. The second-order valence-corrected chi connectivity index (χ2v) is 7.52. The molecular formula is C24H36N4. The van der Waals surface area contributed by atoms with Crippen molar-refractivity contribution in [3.63, 3.8) is 0 Å². The molecule has 0 saturated heterocycles. The average molecular weight is 381 g/mol. The molecule has 152 valence electrons. The Morgan fingerprint density at radius 2 is 1.96 bits per heavy atom. The second kappa shape index (κ2) is 10.7. The standard InChI is InChI=1S/C24H36N4/c1-7-8-12-22(25-3)20(18(2)19-14-15-19)16-17-27-24(26-4)21-11-9-10-13-23(21)28(5)6/h8-13,16-19,25H,7,14-15H2,1-6H3,(H,26,27)/b12-8-,17-16+,22-20-. The molecule has 0 aromatic heterocycles. The summed E-state index contributed by atoms with van der Waals surface area (Å²) in [6.45, 7) is 4.50. The van der Waals surface area contributed by atoms with E-state index in [1.165, 1.54) is 24.1 Å². The van der Waals surface area contributed by atoms with Crippen LogP contribution < -0.4 is 15.5 Å². The third-order valence-corrected chi connectivity index (χ3v) is 5.27. The largest absolute Gasteiger partial charge is 0.388 e. The molecule has 1 aromatic rings. The van der Waals surface area contributed by atoms with Crippen molar-refractivity contribution in [2.75, 3.05) is 33.1 Å². The Kier molecular flexibility index (Phi) is 8.37. The summed E-state index contributed by atoms with van der Waals surface area (Å²) < 4.78 is 0. The van der Waals surface area contributed by atoms with Crippen molar-refractivity contribution >= 4 is 11.5 Å². The van der Waals surface area contributed by atoms with E-state index in [2.05, 4.69) is 84.9 Å². The summed E-state index contributed by atoms with van der Waals surface area (Å²) in [5, 5.41) is 6.80.